The van der Waals surface area contributed by atoms with Gasteiger partial charge in [0.15, 0.2) is 0 Å². The van der Waals surface area contributed by atoms with E-state index >= 15 is 0 Å². The van der Waals surface area contributed by atoms with Crippen LogP contribution >= 0.6 is 11.8 Å². The Labute approximate surface area is 95.9 Å². The molecule has 1 aliphatic carbocycles. The van der Waals surface area contributed by atoms with Gasteiger partial charge < -0.3 is 5.32 Å². The first-order valence-electron chi connectivity index (χ1n) is 5.56. The highest BCUT2D eigenvalue weighted by molar-refractivity contribution is 7.99. The van der Waals surface area contributed by atoms with Crippen LogP contribution in [0.25, 0.3) is 0 Å². The molecule has 0 amide bonds. The fraction of sp³-hybridized carbons (Fsp3) is 0.583. The maximum absolute atomic E-state index is 4.32. The molecule has 1 aliphatic rings. The Kier molecular flexibility index (Phi) is 4.03. The van der Waals surface area contributed by atoms with Crippen LogP contribution in [0.4, 0.5) is 0 Å². The van der Waals surface area contributed by atoms with E-state index < -0.39 is 0 Å². The van der Waals surface area contributed by atoms with Gasteiger partial charge in [0.1, 0.15) is 0 Å². The van der Waals surface area contributed by atoms with Crippen LogP contribution in [0.1, 0.15) is 25.0 Å². The largest absolute Gasteiger partial charge is 0.307 e. The second kappa shape index (κ2) is 5.52. The average molecular weight is 222 g/mol. The smallest absolute Gasteiger partial charge is 0.0541 e. The molecule has 1 aromatic rings. The normalized spacial score (nSPS) is 25.7. The zero-order valence-corrected chi connectivity index (χ0v) is 9.96. The third-order valence-electron chi connectivity index (χ3n) is 3.03. The van der Waals surface area contributed by atoms with Gasteiger partial charge in [-0.15, -0.1) is 0 Å². The van der Waals surface area contributed by atoms with E-state index in [1.54, 1.807) is 0 Å². The number of thioether (sulfide) groups is 1. The number of nitrogens with one attached hydrogen (secondary N) is 1. The first-order chi connectivity index (χ1) is 7.40. The molecule has 2 rings (SSSR count). The lowest BCUT2D eigenvalue weighted by Gasteiger charge is -2.18. The van der Waals surface area contributed by atoms with Gasteiger partial charge in [-0.2, -0.15) is 11.8 Å². The summed E-state index contributed by atoms with van der Waals surface area (Å²) < 4.78 is 0. The molecule has 1 fully saturated rings. The summed E-state index contributed by atoms with van der Waals surface area (Å²) in [5.41, 5.74) is 1.14. The summed E-state index contributed by atoms with van der Waals surface area (Å²) in [6.45, 7) is 0.905. The summed E-state index contributed by atoms with van der Waals surface area (Å²) in [6.07, 6.45) is 8.12. The van der Waals surface area contributed by atoms with Gasteiger partial charge in [-0.1, -0.05) is 12.5 Å². The Morgan fingerprint density at radius 1 is 1.47 bits per heavy atom. The van der Waals surface area contributed by atoms with Crippen molar-refractivity contribution in [1.82, 2.24) is 10.3 Å². The summed E-state index contributed by atoms with van der Waals surface area (Å²) >= 11 is 1.99. The van der Waals surface area contributed by atoms with Crippen molar-refractivity contribution >= 4 is 11.8 Å². The highest BCUT2D eigenvalue weighted by Crippen LogP contribution is 2.28. The van der Waals surface area contributed by atoms with Gasteiger partial charge in [0.2, 0.25) is 0 Å². The van der Waals surface area contributed by atoms with Crippen molar-refractivity contribution in [3.63, 3.8) is 0 Å². The van der Waals surface area contributed by atoms with Crippen molar-refractivity contribution in [3.8, 4) is 0 Å². The zero-order valence-electron chi connectivity index (χ0n) is 9.15. The molecule has 0 aromatic carbocycles. The van der Waals surface area contributed by atoms with E-state index in [0.717, 1.165) is 17.5 Å². The molecule has 3 heteroatoms. The highest BCUT2D eigenvalue weighted by atomic mass is 32.2. The fourth-order valence-electron chi connectivity index (χ4n) is 2.18. The van der Waals surface area contributed by atoms with Gasteiger partial charge in [-0.25, -0.2) is 0 Å². The summed E-state index contributed by atoms with van der Waals surface area (Å²) in [5.74, 6) is 0. The first kappa shape index (κ1) is 11.0. The standard InChI is InChI=1S/C12H18N2S/c1-15-12-7-4-6-11(12)14-9-10-5-2-3-8-13-10/h2-3,5,8,11-12,14H,4,6-7,9H2,1H3. The van der Waals surface area contributed by atoms with E-state index in [-0.39, 0.29) is 0 Å². The maximum Gasteiger partial charge on any atom is 0.0541 e. The molecule has 0 spiro atoms. The van der Waals surface area contributed by atoms with Crippen LogP contribution in [0, 0.1) is 0 Å². The summed E-state index contributed by atoms with van der Waals surface area (Å²) in [4.78, 5) is 4.32. The predicted octanol–water partition coefficient (Wildman–Crippen LogP) is 2.46. The number of nitrogens with zero attached hydrogens (tertiary/aromatic N) is 1. The third-order valence-corrected chi connectivity index (χ3v) is 4.20. The molecule has 15 heavy (non-hydrogen) atoms. The second-order valence-electron chi connectivity index (χ2n) is 4.01. The molecule has 0 aliphatic heterocycles. The molecule has 1 saturated carbocycles. The molecule has 1 heterocycles. The molecule has 82 valence electrons. The fourth-order valence-corrected chi connectivity index (χ4v) is 3.14. The van der Waals surface area contributed by atoms with Crippen molar-refractivity contribution in [3.05, 3.63) is 30.1 Å². The van der Waals surface area contributed by atoms with Crippen molar-refractivity contribution < 1.29 is 0 Å². The summed E-state index contributed by atoms with van der Waals surface area (Å²) in [5, 5.41) is 4.42. The number of hydrogen-bond acceptors (Lipinski definition) is 3. The van der Waals surface area contributed by atoms with Crippen LogP contribution in [-0.4, -0.2) is 22.5 Å². The van der Waals surface area contributed by atoms with Gasteiger partial charge >= 0.3 is 0 Å². The summed E-state index contributed by atoms with van der Waals surface area (Å²) in [6, 6.07) is 6.77. The van der Waals surface area contributed by atoms with Crippen molar-refractivity contribution in [2.75, 3.05) is 6.26 Å². The minimum Gasteiger partial charge on any atom is -0.307 e. The highest BCUT2D eigenvalue weighted by Gasteiger charge is 2.25. The van der Waals surface area contributed by atoms with E-state index in [0.29, 0.717) is 6.04 Å². The third kappa shape index (κ3) is 2.95. The quantitative estimate of drug-likeness (QED) is 0.847. The minimum atomic E-state index is 0.682. The van der Waals surface area contributed by atoms with E-state index in [1.807, 2.05) is 30.1 Å². The minimum absolute atomic E-state index is 0.682. The van der Waals surface area contributed by atoms with E-state index in [2.05, 4.69) is 22.6 Å². The lowest BCUT2D eigenvalue weighted by molar-refractivity contribution is 0.527. The van der Waals surface area contributed by atoms with Crippen molar-refractivity contribution in [2.45, 2.75) is 37.1 Å². The molecule has 2 atom stereocenters. The number of hydrogen-bond donors (Lipinski definition) is 1. The average Bonchev–Trinajstić information content (AvgIpc) is 2.75. The number of pyridine rings is 1. The van der Waals surface area contributed by atoms with Crippen LogP contribution in [0.15, 0.2) is 24.4 Å². The molecular formula is C12H18N2S. The van der Waals surface area contributed by atoms with Crippen LogP contribution in [-0.2, 0) is 6.54 Å². The summed E-state index contributed by atoms with van der Waals surface area (Å²) in [7, 11) is 0. The van der Waals surface area contributed by atoms with Crippen LogP contribution in [0.5, 0.6) is 0 Å². The zero-order chi connectivity index (χ0) is 10.5. The molecule has 2 nitrogen and oxygen atoms in total. The molecule has 0 saturated heterocycles. The number of rotatable bonds is 4. The number of aromatic nitrogens is 1. The Morgan fingerprint density at radius 2 is 2.40 bits per heavy atom. The van der Waals surface area contributed by atoms with E-state index in [9.17, 15) is 0 Å². The molecule has 1 N–H and O–H groups in total. The maximum atomic E-state index is 4.32. The topological polar surface area (TPSA) is 24.9 Å². The van der Waals surface area contributed by atoms with Gasteiger partial charge in [-0.3, -0.25) is 4.98 Å². The Balaban J connectivity index is 1.83. The van der Waals surface area contributed by atoms with E-state index in [4.69, 9.17) is 0 Å². The molecule has 1 aromatic heterocycles. The lowest BCUT2D eigenvalue weighted by atomic mass is 10.2. The van der Waals surface area contributed by atoms with Crippen LogP contribution in [0.2, 0.25) is 0 Å². The second-order valence-corrected chi connectivity index (χ2v) is 5.09. The van der Waals surface area contributed by atoms with Gasteiger partial charge in [-0.05, 0) is 31.2 Å². The lowest BCUT2D eigenvalue weighted by Crippen LogP contribution is -2.33. The molecule has 2 unspecified atom stereocenters. The van der Waals surface area contributed by atoms with Crippen molar-refractivity contribution in [2.24, 2.45) is 0 Å². The molecular weight excluding hydrogens is 204 g/mol. The molecule has 0 radical (unpaired) electrons. The van der Waals surface area contributed by atoms with Crippen LogP contribution in [0.3, 0.4) is 0 Å². The van der Waals surface area contributed by atoms with Gasteiger partial charge in [0, 0.05) is 24.0 Å². The monoisotopic (exact) mass is 222 g/mol. The van der Waals surface area contributed by atoms with E-state index in [1.165, 1.54) is 19.3 Å². The van der Waals surface area contributed by atoms with Crippen molar-refractivity contribution in [1.29, 1.82) is 0 Å². The van der Waals surface area contributed by atoms with Crippen LogP contribution < -0.4 is 5.32 Å². The molecule has 0 bridgehead atoms. The van der Waals surface area contributed by atoms with Gasteiger partial charge in [0.05, 0.1) is 5.69 Å². The SMILES string of the molecule is CSC1CCCC1NCc1ccccn1. The Bertz CT molecular complexity index is 289. The Hall–Kier alpha value is -0.540. The van der Waals surface area contributed by atoms with Gasteiger partial charge in [0.25, 0.3) is 0 Å². The Morgan fingerprint density at radius 3 is 3.13 bits per heavy atom. The predicted molar refractivity (Wildman–Crippen MR) is 66.0 cm³/mol. The first-order valence-corrected chi connectivity index (χ1v) is 6.85.